The molecule has 1 atom stereocenters. The zero-order chi connectivity index (χ0) is 13.9. The summed E-state index contributed by atoms with van der Waals surface area (Å²) < 4.78 is 5.39. The summed E-state index contributed by atoms with van der Waals surface area (Å²) in [4.78, 5) is 19.1. The monoisotopic (exact) mass is 300 g/mol. The highest BCUT2D eigenvalue weighted by Gasteiger charge is 2.29. The zero-order valence-corrected chi connectivity index (χ0v) is 13.2. The second kappa shape index (κ2) is 6.13. The molecule has 0 aliphatic carbocycles. The van der Waals surface area contributed by atoms with Gasteiger partial charge in [-0.05, 0) is 27.2 Å². The molecule has 19 heavy (non-hydrogen) atoms. The Kier molecular flexibility index (Phi) is 4.73. The van der Waals surface area contributed by atoms with E-state index in [4.69, 9.17) is 4.74 Å². The van der Waals surface area contributed by atoms with E-state index < -0.39 is 5.60 Å². The molecule has 4 nitrogen and oxygen atoms in total. The van der Waals surface area contributed by atoms with E-state index in [-0.39, 0.29) is 6.09 Å². The number of ether oxygens (including phenoxy) is 1. The van der Waals surface area contributed by atoms with E-state index >= 15 is 0 Å². The van der Waals surface area contributed by atoms with Gasteiger partial charge in [-0.3, -0.25) is 4.98 Å². The number of carbonyl (C=O) groups is 1. The lowest BCUT2D eigenvalue weighted by Crippen LogP contribution is -2.35. The highest BCUT2D eigenvalue weighted by atomic mass is 32.2. The van der Waals surface area contributed by atoms with Gasteiger partial charge in [0.25, 0.3) is 0 Å². The van der Waals surface area contributed by atoms with E-state index in [9.17, 15) is 4.79 Å². The van der Waals surface area contributed by atoms with Crippen LogP contribution in [0.3, 0.4) is 0 Å². The van der Waals surface area contributed by atoms with Crippen molar-refractivity contribution in [2.45, 2.75) is 43.8 Å². The van der Waals surface area contributed by atoms with Gasteiger partial charge >= 0.3 is 6.09 Å². The third-order valence-electron chi connectivity index (χ3n) is 2.74. The Labute approximate surface area is 122 Å². The number of rotatable bonds is 3. The summed E-state index contributed by atoms with van der Waals surface area (Å²) in [5.74, 6) is 0.984. The van der Waals surface area contributed by atoms with Crippen LogP contribution in [0.2, 0.25) is 0 Å². The molecule has 1 fully saturated rings. The molecule has 0 unspecified atom stereocenters. The van der Waals surface area contributed by atoms with Crippen LogP contribution >= 0.6 is 23.1 Å². The van der Waals surface area contributed by atoms with Gasteiger partial charge in [0.1, 0.15) is 5.60 Å². The first-order chi connectivity index (χ1) is 8.94. The molecule has 0 aromatic carbocycles. The Morgan fingerprint density at radius 3 is 3.05 bits per heavy atom. The Morgan fingerprint density at radius 2 is 2.42 bits per heavy atom. The molecule has 0 spiro atoms. The van der Waals surface area contributed by atoms with Crippen LogP contribution in [0.1, 0.15) is 32.1 Å². The molecule has 0 bridgehead atoms. The van der Waals surface area contributed by atoms with Crippen molar-refractivity contribution in [2.24, 2.45) is 0 Å². The number of carbonyl (C=O) groups excluding carboxylic acids is 1. The number of amides is 1. The number of thioether (sulfide) groups is 1. The molecule has 1 saturated heterocycles. The zero-order valence-electron chi connectivity index (χ0n) is 11.6. The summed E-state index contributed by atoms with van der Waals surface area (Å²) in [5, 5.41) is 0.509. The van der Waals surface area contributed by atoms with Crippen molar-refractivity contribution in [1.29, 1.82) is 0 Å². The Morgan fingerprint density at radius 1 is 1.63 bits per heavy atom. The van der Waals surface area contributed by atoms with Gasteiger partial charge in [-0.2, -0.15) is 11.8 Å². The molecule has 2 heterocycles. The first-order valence-corrected chi connectivity index (χ1v) is 8.34. The minimum atomic E-state index is -0.412. The van der Waals surface area contributed by atoms with Gasteiger partial charge in [0.2, 0.25) is 0 Å². The predicted molar refractivity (Wildman–Crippen MR) is 79.6 cm³/mol. The number of hydrogen-bond donors (Lipinski definition) is 0. The van der Waals surface area contributed by atoms with Crippen LogP contribution in [-0.2, 0) is 10.5 Å². The molecule has 2 rings (SSSR count). The SMILES string of the molecule is CC(C)(C)OC(=O)N1CC[C@H](SCc2cncs2)C1. The number of likely N-dealkylation sites (tertiary alicyclic amines) is 1. The van der Waals surface area contributed by atoms with Crippen LogP contribution in [0, 0.1) is 0 Å². The predicted octanol–water partition coefficient (Wildman–Crippen LogP) is 3.39. The summed E-state index contributed by atoms with van der Waals surface area (Å²) >= 11 is 3.59. The molecule has 0 N–H and O–H groups in total. The van der Waals surface area contributed by atoms with Crippen molar-refractivity contribution in [1.82, 2.24) is 9.88 Å². The Balaban J connectivity index is 1.75. The third-order valence-corrected chi connectivity index (χ3v) is 5.04. The second-order valence-corrected chi connectivity index (χ2v) is 7.88. The van der Waals surface area contributed by atoms with Crippen molar-refractivity contribution < 1.29 is 9.53 Å². The summed E-state index contributed by atoms with van der Waals surface area (Å²) in [6.45, 7) is 7.29. The number of thiazole rings is 1. The number of nitrogens with zero attached hydrogens (tertiary/aromatic N) is 2. The molecule has 0 saturated carbocycles. The molecule has 1 aliphatic rings. The lowest BCUT2D eigenvalue weighted by molar-refractivity contribution is 0.0295. The fourth-order valence-electron chi connectivity index (χ4n) is 1.87. The maximum absolute atomic E-state index is 11.9. The van der Waals surface area contributed by atoms with Crippen molar-refractivity contribution in [2.75, 3.05) is 13.1 Å². The van der Waals surface area contributed by atoms with Gasteiger partial charge in [-0.1, -0.05) is 0 Å². The molecule has 1 amide bonds. The molecule has 106 valence electrons. The van der Waals surface area contributed by atoms with Crippen LogP contribution in [0.25, 0.3) is 0 Å². The normalized spacial score (nSPS) is 19.7. The summed E-state index contributed by atoms with van der Waals surface area (Å²) in [6.07, 6.45) is 2.77. The minimum absolute atomic E-state index is 0.187. The average Bonchev–Trinajstić information content (AvgIpc) is 2.96. The van der Waals surface area contributed by atoms with E-state index in [2.05, 4.69) is 4.98 Å². The highest BCUT2D eigenvalue weighted by Crippen LogP contribution is 2.27. The molecular weight excluding hydrogens is 280 g/mol. The summed E-state index contributed by atoms with van der Waals surface area (Å²) in [5.41, 5.74) is 1.45. The second-order valence-electron chi connectivity index (χ2n) is 5.62. The van der Waals surface area contributed by atoms with E-state index in [1.54, 1.807) is 11.3 Å². The van der Waals surface area contributed by atoms with Crippen LogP contribution in [0.5, 0.6) is 0 Å². The lowest BCUT2D eigenvalue weighted by Gasteiger charge is -2.24. The third kappa shape index (κ3) is 4.69. The molecule has 6 heteroatoms. The minimum Gasteiger partial charge on any atom is -0.444 e. The lowest BCUT2D eigenvalue weighted by atomic mass is 10.2. The van der Waals surface area contributed by atoms with Gasteiger partial charge in [0.05, 0.1) is 5.51 Å². The van der Waals surface area contributed by atoms with Crippen molar-refractivity contribution >= 4 is 29.2 Å². The number of aromatic nitrogens is 1. The average molecular weight is 300 g/mol. The standard InChI is InChI=1S/C13H20N2O2S2/c1-13(2,3)17-12(16)15-5-4-10(7-15)18-8-11-6-14-9-19-11/h6,9-10H,4-5,7-8H2,1-3H3/t10-/m0/s1. The van der Waals surface area contributed by atoms with Crippen molar-refractivity contribution in [3.63, 3.8) is 0 Å². The largest absolute Gasteiger partial charge is 0.444 e. The van der Waals surface area contributed by atoms with E-state index in [1.807, 2.05) is 49.1 Å². The smallest absolute Gasteiger partial charge is 0.410 e. The van der Waals surface area contributed by atoms with Gasteiger partial charge in [-0.25, -0.2) is 4.79 Å². The molecule has 1 aromatic rings. The molecule has 1 aliphatic heterocycles. The van der Waals surface area contributed by atoms with Crippen molar-refractivity contribution in [3.8, 4) is 0 Å². The fraction of sp³-hybridized carbons (Fsp3) is 0.692. The van der Waals surface area contributed by atoms with Crippen molar-refractivity contribution in [3.05, 3.63) is 16.6 Å². The summed E-state index contributed by atoms with van der Waals surface area (Å²) in [6, 6.07) is 0. The number of hydrogen-bond acceptors (Lipinski definition) is 5. The Bertz CT molecular complexity index is 415. The Hall–Kier alpha value is -0.750. The van der Waals surface area contributed by atoms with E-state index in [0.717, 1.165) is 25.3 Å². The maximum atomic E-state index is 11.9. The van der Waals surface area contributed by atoms with Gasteiger partial charge in [0.15, 0.2) is 0 Å². The van der Waals surface area contributed by atoms with Gasteiger partial charge in [-0.15, -0.1) is 11.3 Å². The van der Waals surface area contributed by atoms with Crippen LogP contribution in [-0.4, -0.2) is 39.9 Å². The van der Waals surface area contributed by atoms with Crippen LogP contribution in [0.15, 0.2) is 11.7 Å². The van der Waals surface area contributed by atoms with E-state index in [0.29, 0.717) is 5.25 Å². The van der Waals surface area contributed by atoms with E-state index in [1.165, 1.54) is 4.88 Å². The first kappa shape index (κ1) is 14.7. The summed E-state index contributed by atoms with van der Waals surface area (Å²) in [7, 11) is 0. The molecule has 1 aromatic heterocycles. The fourth-order valence-corrected chi connectivity index (χ4v) is 3.76. The molecular formula is C13H20N2O2S2. The van der Waals surface area contributed by atoms with Gasteiger partial charge < -0.3 is 9.64 Å². The molecule has 0 radical (unpaired) electrons. The first-order valence-electron chi connectivity index (χ1n) is 6.41. The highest BCUT2D eigenvalue weighted by molar-refractivity contribution is 7.99. The maximum Gasteiger partial charge on any atom is 0.410 e. The van der Waals surface area contributed by atoms with Crippen LogP contribution in [0.4, 0.5) is 4.79 Å². The topological polar surface area (TPSA) is 42.4 Å². The van der Waals surface area contributed by atoms with Gasteiger partial charge in [0, 0.05) is 35.2 Å². The van der Waals surface area contributed by atoms with Crippen LogP contribution < -0.4 is 0 Å². The quantitative estimate of drug-likeness (QED) is 0.858.